The van der Waals surface area contributed by atoms with Gasteiger partial charge in [0, 0.05) is 51.4 Å². The molecular weight excluding hydrogens is 344 g/mol. The molecule has 0 bridgehead atoms. The lowest BCUT2D eigenvalue weighted by Crippen LogP contribution is -2.59. The number of hydrogen-bond donors (Lipinski definition) is 2. The summed E-state index contributed by atoms with van der Waals surface area (Å²) in [6.07, 6.45) is 0.510. The van der Waals surface area contributed by atoms with Crippen molar-refractivity contribution in [3.05, 3.63) is 0 Å². The summed E-state index contributed by atoms with van der Waals surface area (Å²) in [5, 5.41) is 6.01. The Hall–Kier alpha value is -0.890. The van der Waals surface area contributed by atoms with Crippen molar-refractivity contribution in [3.8, 4) is 0 Å². The number of hydrogen-bond acceptors (Lipinski definition) is 5. The molecule has 0 saturated carbocycles. The van der Waals surface area contributed by atoms with Crippen molar-refractivity contribution in [1.82, 2.24) is 20.4 Å². The third-order valence-corrected chi connectivity index (χ3v) is 5.29. The van der Waals surface area contributed by atoms with Crippen LogP contribution in [0.25, 0.3) is 0 Å². The highest BCUT2D eigenvalue weighted by Gasteiger charge is 2.33. The molecule has 0 spiro atoms. The number of carbonyl (C=O) groups is 1. The number of nitrogens with zero attached hydrogens (tertiary/aromatic N) is 2. The van der Waals surface area contributed by atoms with Crippen molar-refractivity contribution in [3.63, 3.8) is 0 Å². The Balaban J connectivity index is 1.70. The Morgan fingerprint density at radius 3 is 2.44 bits per heavy atom. The molecule has 2 aliphatic rings. The summed E-state index contributed by atoms with van der Waals surface area (Å²) >= 11 is 0. The molecule has 2 aliphatic heterocycles. The minimum atomic E-state index is -0.123. The van der Waals surface area contributed by atoms with E-state index in [1.54, 1.807) is 0 Å². The van der Waals surface area contributed by atoms with Crippen molar-refractivity contribution < 1.29 is 14.3 Å². The summed E-state index contributed by atoms with van der Waals surface area (Å²) in [5.74, 6) is 0.646. The van der Waals surface area contributed by atoms with E-state index in [0.717, 1.165) is 39.3 Å². The second-order valence-electron chi connectivity index (χ2n) is 9.18. The fourth-order valence-corrected chi connectivity index (χ4v) is 3.94. The standard InChI is InChI=1S/C20H40N4O3/c1-15(2)10-23-7-8-26-18(13-23)9-21-19(25)22-14-20(5,6)24-11-16(3)27-17(4)12-24/h15-18H,7-14H2,1-6H3,(H2,21,22,25). The van der Waals surface area contributed by atoms with Gasteiger partial charge in [-0.25, -0.2) is 4.79 Å². The first kappa shape index (κ1) is 22.4. The highest BCUT2D eigenvalue weighted by atomic mass is 16.5. The highest BCUT2D eigenvalue weighted by molar-refractivity contribution is 5.73. The SMILES string of the molecule is CC(C)CN1CCOC(CNC(=O)NCC(C)(C)N2CC(C)OC(C)C2)C1. The van der Waals surface area contributed by atoms with E-state index >= 15 is 0 Å². The monoisotopic (exact) mass is 384 g/mol. The molecule has 158 valence electrons. The van der Waals surface area contributed by atoms with Crippen molar-refractivity contribution >= 4 is 6.03 Å². The predicted octanol–water partition coefficient (Wildman–Crippen LogP) is 1.53. The largest absolute Gasteiger partial charge is 0.374 e. The molecule has 3 atom stereocenters. The summed E-state index contributed by atoms with van der Waals surface area (Å²) in [6, 6.07) is -0.123. The van der Waals surface area contributed by atoms with Gasteiger partial charge in [-0.2, -0.15) is 0 Å². The van der Waals surface area contributed by atoms with Gasteiger partial charge in [-0.15, -0.1) is 0 Å². The number of urea groups is 1. The van der Waals surface area contributed by atoms with Gasteiger partial charge < -0.3 is 20.1 Å². The Bertz CT molecular complexity index is 462. The Kier molecular flexibility index (Phi) is 8.34. The average Bonchev–Trinajstić information content (AvgIpc) is 2.57. The summed E-state index contributed by atoms with van der Waals surface area (Å²) in [5.41, 5.74) is -0.112. The summed E-state index contributed by atoms with van der Waals surface area (Å²) < 4.78 is 11.6. The lowest BCUT2D eigenvalue weighted by molar-refractivity contribution is -0.0947. The molecule has 2 heterocycles. The van der Waals surface area contributed by atoms with Crippen molar-refractivity contribution in [2.45, 2.75) is 65.4 Å². The first-order valence-corrected chi connectivity index (χ1v) is 10.4. The maximum atomic E-state index is 12.3. The molecule has 2 fully saturated rings. The van der Waals surface area contributed by atoms with Crippen molar-refractivity contribution in [1.29, 1.82) is 0 Å². The zero-order valence-electron chi connectivity index (χ0n) is 18.1. The molecule has 2 rings (SSSR count). The van der Waals surface area contributed by atoms with E-state index in [9.17, 15) is 4.79 Å². The lowest BCUT2D eigenvalue weighted by Gasteiger charge is -2.45. The van der Waals surface area contributed by atoms with Gasteiger partial charge in [0.05, 0.1) is 24.9 Å². The van der Waals surface area contributed by atoms with Gasteiger partial charge in [0.2, 0.25) is 0 Å². The molecule has 0 aromatic rings. The van der Waals surface area contributed by atoms with Crippen LogP contribution in [-0.4, -0.2) is 92.1 Å². The van der Waals surface area contributed by atoms with E-state index in [4.69, 9.17) is 9.47 Å². The first-order valence-electron chi connectivity index (χ1n) is 10.4. The van der Waals surface area contributed by atoms with E-state index in [2.05, 4.69) is 62.0 Å². The van der Waals surface area contributed by atoms with Crippen LogP contribution in [0.15, 0.2) is 0 Å². The van der Waals surface area contributed by atoms with Gasteiger partial charge in [-0.1, -0.05) is 13.8 Å². The summed E-state index contributed by atoms with van der Waals surface area (Å²) in [7, 11) is 0. The molecular formula is C20H40N4O3. The van der Waals surface area contributed by atoms with Crippen molar-refractivity contribution in [2.75, 3.05) is 52.4 Å². The second-order valence-corrected chi connectivity index (χ2v) is 9.18. The normalized spacial score (nSPS) is 28.3. The fourth-order valence-electron chi connectivity index (χ4n) is 3.94. The number of ether oxygens (including phenoxy) is 2. The predicted molar refractivity (Wildman–Crippen MR) is 108 cm³/mol. The Morgan fingerprint density at radius 2 is 1.81 bits per heavy atom. The molecule has 7 heteroatoms. The van der Waals surface area contributed by atoms with Crippen LogP contribution in [0.2, 0.25) is 0 Å². The molecule has 2 N–H and O–H groups in total. The third kappa shape index (κ3) is 7.56. The van der Waals surface area contributed by atoms with Gasteiger partial charge in [0.15, 0.2) is 0 Å². The van der Waals surface area contributed by atoms with E-state index in [1.807, 2.05) is 0 Å². The number of rotatable bonds is 7. The summed E-state index contributed by atoms with van der Waals surface area (Å²) in [4.78, 5) is 17.1. The molecule has 0 radical (unpaired) electrons. The van der Waals surface area contributed by atoms with Gasteiger partial charge >= 0.3 is 6.03 Å². The van der Waals surface area contributed by atoms with Crippen LogP contribution in [0.5, 0.6) is 0 Å². The van der Waals surface area contributed by atoms with Crippen LogP contribution < -0.4 is 10.6 Å². The zero-order valence-corrected chi connectivity index (χ0v) is 18.1. The molecule has 27 heavy (non-hydrogen) atoms. The Morgan fingerprint density at radius 1 is 1.15 bits per heavy atom. The van der Waals surface area contributed by atoms with E-state index in [1.165, 1.54) is 0 Å². The van der Waals surface area contributed by atoms with Gasteiger partial charge in [-0.05, 0) is 33.6 Å². The zero-order chi connectivity index (χ0) is 20.0. The maximum Gasteiger partial charge on any atom is 0.314 e. The molecule has 0 aromatic heterocycles. The fraction of sp³-hybridized carbons (Fsp3) is 0.950. The van der Waals surface area contributed by atoms with Gasteiger partial charge in [-0.3, -0.25) is 9.80 Å². The van der Waals surface area contributed by atoms with Crippen LogP contribution >= 0.6 is 0 Å². The Labute approximate surface area is 165 Å². The van der Waals surface area contributed by atoms with Crippen LogP contribution in [-0.2, 0) is 9.47 Å². The minimum Gasteiger partial charge on any atom is -0.374 e. The van der Waals surface area contributed by atoms with Crippen LogP contribution in [0.4, 0.5) is 4.79 Å². The smallest absolute Gasteiger partial charge is 0.314 e. The minimum absolute atomic E-state index is 0.0669. The van der Waals surface area contributed by atoms with Gasteiger partial charge in [0.25, 0.3) is 0 Å². The molecule has 0 aliphatic carbocycles. The number of nitrogens with one attached hydrogen (secondary N) is 2. The van der Waals surface area contributed by atoms with Crippen LogP contribution in [0.3, 0.4) is 0 Å². The number of carbonyl (C=O) groups excluding carboxylic acids is 1. The van der Waals surface area contributed by atoms with Crippen LogP contribution in [0, 0.1) is 5.92 Å². The third-order valence-electron chi connectivity index (χ3n) is 5.29. The quantitative estimate of drug-likeness (QED) is 0.697. The first-order chi connectivity index (χ1) is 12.7. The second kappa shape index (κ2) is 10.0. The summed E-state index contributed by atoms with van der Waals surface area (Å²) in [6.45, 7) is 19.6. The molecule has 0 aromatic carbocycles. The number of morpholine rings is 2. The molecule has 2 saturated heterocycles. The number of amides is 2. The highest BCUT2D eigenvalue weighted by Crippen LogP contribution is 2.20. The average molecular weight is 385 g/mol. The van der Waals surface area contributed by atoms with E-state index < -0.39 is 0 Å². The lowest BCUT2D eigenvalue weighted by atomic mass is 10.00. The molecule has 7 nitrogen and oxygen atoms in total. The van der Waals surface area contributed by atoms with E-state index in [-0.39, 0.29) is 29.9 Å². The van der Waals surface area contributed by atoms with E-state index in [0.29, 0.717) is 19.0 Å². The van der Waals surface area contributed by atoms with Crippen molar-refractivity contribution in [2.24, 2.45) is 5.92 Å². The van der Waals surface area contributed by atoms with Gasteiger partial charge in [0.1, 0.15) is 0 Å². The topological polar surface area (TPSA) is 66.1 Å². The molecule has 3 unspecified atom stereocenters. The molecule has 2 amide bonds. The maximum absolute atomic E-state index is 12.3. The van der Waals surface area contributed by atoms with Crippen LogP contribution in [0.1, 0.15) is 41.5 Å².